The highest BCUT2D eigenvalue weighted by atomic mass is 16.2. The molecule has 80 valence electrons. The number of hydrogen-bond donors (Lipinski definition) is 2. The van der Waals surface area contributed by atoms with Crippen LogP contribution in [0.15, 0.2) is 24.3 Å². The minimum absolute atomic E-state index is 0.0702. The zero-order valence-electron chi connectivity index (χ0n) is 8.92. The lowest BCUT2D eigenvalue weighted by atomic mass is 10.1. The van der Waals surface area contributed by atoms with E-state index in [2.05, 4.69) is 22.8 Å². The number of carbonyl (C=O) groups excluding carboxylic acids is 1. The van der Waals surface area contributed by atoms with Crippen molar-refractivity contribution >= 4 is 6.03 Å². The molecule has 0 saturated carbocycles. The molecule has 0 fully saturated rings. The monoisotopic (exact) mass is 204 g/mol. The summed E-state index contributed by atoms with van der Waals surface area (Å²) in [5, 5.41) is 5.74. The number of hydrogen-bond acceptors (Lipinski definition) is 1. The van der Waals surface area contributed by atoms with Crippen LogP contribution in [-0.2, 0) is 6.42 Å². The maximum absolute atomic E-state index is 11.4. The largest absolute Gasteiger partial charge is 0.338 e. The van der Waals surface area contributed by atoms with Crippen molar-refractivity contribution in [3.8, 4) is 0 Å². The predicted octanol–water partition coefficient (Wildman–Crippen LogP) is 1.99. The Balaban J connectivity index is 2.04. The Kier molecular flexibility index (Phi) is 2.90. The van der Waals surface area contributed by atoms with Crippen LogP contribution < -0.4 is 10.6 Å². The molecule has 2 amide bonds. The number of amides is 2. The highest BCUT2D eigenvalue weighted by Gasteiger charge is 2.22. The molecule has 0 spiro atoms. The van der Waals surface area contributed by atoms with E-state index in [1.807, 2.05) is 19.1 Å². The highest BCUT2D eigenvalue weighted by molar-refractivity contribution is 5.74. The Bertz CT molecular complexity index is 362. The molecule has 1 aliphatic carbocycles. The first kappa shape index (κ1) is 10.0. The second-order valence-corrected chi connectivity index (χ2v) is 3.79. The lowest BCUT2D eigenvalue weighted by Gasteiger charge is -2.14. The van der Waals surface area contributed by atoms with Gasteiger partial charge in [-0.15, -0.1) is 0 Å². The molecule has 0 aliphatic heterocycles. The summed E-state index contributed by atoms with van der Waals surface area (Å²) in [7, 11) is 0. The van der Waals surface area contributed by atoms with Crippen LogP contribution in [0, 0.1) is 0 Å². The van der Waals surface area contributed by atoms with Gasteiger partial charge in [-0.25, -0.2) is 4.79 Å². The summed E-state index contributed by atoms with van der Waals surface area (Å²) in [5.41, 5.74) is 2.63. The number of aryl methyl sites for hydroxylation is 1. The third-order valence-electron chi connectivity index (χ3n) is 2.78. The summed E-state index contributed by atoms with van der Waals surface area (Å²) in [6.07, 6.45) is 2.07. The number of nitrogens with one attached hydrogen (secondary N) is 2. The van der Waals surface area contributed by atoms with E-state index in [0.717, 1.165) is 12.8 Å². The van der Waals surface area contributed by atoms with E-state index in [4.69, 9.17) is 0 Å². The van der Waals surface area contributed by atoms with E-state index in [1.54, 1.807) is 0 Å². The van der Waals surface area contributed by atoms with Crippen LogP contribution >= 0.6 is 0 Å². The predicted molar refractivity (Wildman–Crippen MR) is 59.7 cm³/mol. The van der Waals surface area contributed by atoms with Gasteiger partial charge in [0.2, 0.25) is 0 Å². The zero-order valence-corrected chi connectivity index (χ0v) is 8.92. The Morgan fingerprint density at radius 1 is 1.47 bits per heavy atom. The molecule has 1 atom stereocenters. The van der Waals surface area contributed by atoms with E-state index in [0.29, 0.717) is 6.54 Å². The molecule has 0 saturated heterocycles. The van der Waals surface area contributed by atoms with Gasteiger partial charge in [0.25, 0.3) is 0 Å². The fourth-order valence-corrected chi connectivity index (χ4v) is 2.08. The van der Waals surface area contributed by atoms with Crippen molar-refractivity contribution in [2.45, 2.75) is 25.8 Å². The number of rotatable bonds is 2. The molecule has 1 aromatic rings. The Morgan fingerprint density at radius 2 is 2.27 bits per heavy atom. The van der Waals surface area contributed by atoms with Crippen molar-refractivity contribution < 1.29 is 4.79 Å². The molecule has 0 bridgehead atoms. The first-order valence-electron chi connectivity index (χ1n) is 5.43. The molecule has 2 rings (SSSR count). The van der Waals surface area contributed by atoms with Crippen molar-refractivity contribution in [3.05, 3.63) is 35.4 Å². The molecule has 1 aliphatic rings. The van der Waals surface area contributed by atoms with E-state index < -0.39 is 0 Å². The summed E-state index contributed by atoms with van der Waals surface area (Å²) in [5.74, 6) is 0. The number of urea groups is 1. The van der Waals surface area contributed by atoms with Crippen molar-refractivity contribution in [2.75, 3.05) is 6.54 Å². The third kappa shape index (κ3) is 2.12. The van der Waals surface area contributed by atoms with Gasteiger partial charge in [0, 0.05) is 6.54 Å². The maximum atomic E-state index is 11.4. The van der Waals surface area contributed by atoms with Gasteiger partial charge in [0.1, 0.15) is 0 Å². The van der Waals surface area contributed by atoms with Crippen molar-refractivity contribution in [1.29, 1.82) is 0 Å². The smallest absolute Gasteiger partial charge is 0.315 e. The van der Waals surface area contributed by atoms with Crippen LogP contribution in [0.1, 0.15) is 30.5 Å². The Morgan fingerprint density at radius 3 is 3.07 bits per heavy atom. The average Bonchev–Trinajstić information content (AvgIpc) is 2.62. The van der Waals surface area contributed by atoms with Gasteiger partial charge in [0.05, 0.1) is 6.04 Å². The van der Waals surface area contributed by atoms with Gasteiger partial charge < -0.3 is 10.6 Å². The van der Waals surface area contributed by atoms with Crippen molar-refractivity contribution in [2.24, 2.45) is 0 Å². The van der Waals surface area contributed by atoms with Crippen LogP contribution in [0.3, 0.4) is 0 Å². The van der Waals surface area contributed by atoms with Crippen molar-refractivity contribution in [1.82, 2.24) is 10.6 Å². The van der Waals surface area contributed by atoms with Gasteiger partial charge in [-0.1, -0.05) is 24.3 Å². The normalized spacial score (nSPS) is 18.3. The third-order valence-corrected chi connectivity index (χ3v) is 2.78. The molecule has 0 radical (unpaired) electrons. The van der Waals surface area contributed by atoms with Crippen LogP contribution in [0.25, 0.3) is 0 Å². The van der Waals surface area contributed by atoms with E-state index in [-0.39, 0.29) is 12.1 Å². The standard InChI is InChI=1S/C12H16N2O/c1-2-13-12(15)14-11-8-7-9-5-3-4-6-10(9)11/h3-6,11H,2,7-8H2,1H3,(H2,13,14,15). The molecule has 0 aromatic heterocycles. The van der Waals surface area contributed by atoms with Crippen LogP contribution in [0.2, 0.25) is 0 Å². The van der Waals surface area contributed by atoms with Crippen molar-refractivity contribution in [3.63, 3.8) is 0 Å². The summed E-state index contributed by atoms with van der Waals surface area (Å²) in [4.78, 5) is 11.4. The Labute approximate surface area is 89.9 Å². The van der Waals surface area contributed by atoms with Gasteiger partial charge in [-0.3, -0.25) is 0 Å². The molecule has 3 heteroatoms. The second kappa shape index (κ2) is 4.34. The Hall–Kier alpha value is -1.51. The van der Waals surface area contributed by atoms with Crippen LogP contribution in [-0.4, -0.2) is 12.6 Å². The molecular weight excluding hydrogens is 188 g/mol. The van der Waals surface area contributed by atoms with E-state index in [9.17, 15) is 4.79 Å². The van der Waals surface area contributed by atoms with Gasteiger partial charge >= 0.3 is 6.03 Å². The molecule has 15 heavy (non-hydrogen) atoms. The molecular formula is C12H16N2O. The first-order chi connectivity index (χ1) is 7.31. The van der Waals surface area contributed by atoms with Crippen LogP contribution in [0.4, 0.5) is 4.79 Å². The summed E-state index contributed by atoms with van der Waals surface area (Å²) < 4.78 is 0. The van der Waals surface area contributed by atoms with E-state index >= 15 is 0 Å². The quantitative estimate of drug-likeness (QED) is 0.760. The first-order valence-corrected chi connectivity index (χ1v) is 5.43. The SMILES string of the molecule is CCNC(=O)NC1CCc2ccccc21. The highest BCUT2D eigenvalue weighted by Crippen LogP contribution is 2.30. The number of benzene rings is 1. The summed E-state index contributed by atoms with van der Waals surface area (Å²) in [6, 6.07) is 8.42. The summed E-state index contributed by atoms with van der Waals surface area (Å²) in [6.45, 7) is 2.59. The fourth-order valence-electron chi connectivity index (χ4n) is 2.08. The van der Waals surface area contributed by atoms with Gasteiger partial charge in [-0.05, 0) is 30.9 Å². The summed E-state index contributed by atoms with van der Waals surface area (Å²) >= 11 is 0. The maximum Gasteiger partial charge on any atom is 0.315 e. The molecule has 1 unspecified atom stereocenters. The minimum Gasteiger partial charge on any atom is -0.338 e. The lowest BCUT2D eigenvalue weighted by molar-refractivity contribution is 0.237. The number of carbonyl (C=O) groups is 1. The molecule has 2 N–H and O–H groups in total. The molecule has 0 heterocycles. The van der Waals surface area contributed by atoms with Crippen LogP contribution in [0.5, 0.6) is 0 Å². The average molecular weight is 204 g/mol. The second-order valence-electron chi connectivity index (χ2n) is 3.79. The zero-order chi connectivity index (χ0) is 10.7. The minimum atomic E-state index is -0.0702. The van der Waals surface area contributed by atoms with Gasteiger partial charge in [-0.2, -0.15) is 0 Å². The van der Waals surface area contributed by atoms with Gasteiger partial charge in [0.15, 0.2) is 0 Å². The lowest BCUT2D eigenvalue weighted by Crippen LogP contribution is -2.37. The fraction of sp³-hybridized carbons (Fsp3) is 0.417. The molecule has 3 nitrogen and oxygen atoms in total. The topological polar surface area (TPSA) is 41.1 Å². The molecule has 1 aromatic carbocycles. The number of fused-ring (bicyclic) bond motifs is 1. The van der Waals surface area contributed by atoms with E-state index in [1.165, 1.54) is 11.1 Å².